The Kier molecular flexibility index (Phi) is 6.74. The van der Waals surface area contributed by atoms with Crippen molar-refractivity contribution in [1.29, 1.82) is 0 Å². The van der Waals surface area contributed by atoms with Gasteiger partial charge in [0.25, 0.3) is 0 Å². The minimum Gasteiger partial charge on any atom is -0.378 e. The summed E-state index contributed by atoms with van der Waals surface area (Å²) in [5.74, 6) is -2.03. The molecule has 1 fully saturated rings. The molecule has 2 aromatic heterocycles. The Bertz CT molecular complexity index is 1310. The molecule has 3 aromatic rings. The first-order valence-electron chi connectivity index (χ1n) is 10.4. The number of rotatable bonds is 7. The number of nitrogens with zero attached hydrogens (tertiary/aromatic N) is 4. The van der Waals surface area contributed by atoms with Gasteiger partial charge in [-0.25, -0.2) is 32.0 Å². The van der Waals surface area contributed by atoms with Crippen molar-refractivity contribution in [2.24, 2.45) is 0 Å². The zero-order valence-electron chi connectivity index (χ0n) is 18.1. The number of ether oxygens (including phenoxy) is 1. The van der Waals surface area contributed by atoms with E-state index in [0.717, 1.165) is 12.1 Å². The van der Waals surface area contributed by atoms with Crippen LogP contribution in [-0.2, 0) is 14.8 Å². The number of aromatic nitrogens is 4. The maximum absolute atomic E-state index is 14.8. The number of fused-ring (bicyclic) bond motifs is 1. The molecule has 0 aliphatic carbocycles. The number of urea groups is 1. The topological polar surface area (TPSA) is 154 Å². The van der Waals surface area contributed by atoms with Gasteiger partial charge in [0.05, 0.1) is 24.7 Å². The normalized spacial score (nSPS) is 14.3. The summed E-state index contributed by atoms with van der Waals surface area (Å²) in [4.78, 5) is 22.7. The van der Waals surface area contributed by atoms with E-state index in [1.807, 2.05) is 4.90 Å². The molecular weight excluding hydrogens is 474 g/mol. The zero-order chi connectivity index (χ0) is 24.3. The van der Waals surface area contributed by atoms with Gasteiger partial charge in [-0.2, -0.15) is 5.10 Å². The Hall–Kier alpha value is -3.59. The van der Waals surface area contributed by atoms with E-state index in [9.17, 15) is 22.0 Å². The van der Waals surface area contributed by atoms with Gasteiger partial charge in [0.2, 0.25) is 10.0 Å². The molecule has 182 valence electrons. The number of sulfonamides is 1. The van der Waals surface area contributed by atoms with Crippen LogP contribution in [0.1, 0.15) is 13.3 Å². The highest BCUT2D eigenvalue weighted by Gasteiger charge is 2.23. The summed E-state index contributed by atoms with van der Waals surface area (Å²) in [6.45, 7) is 3.78. The fourth-order valence-electron chi connectivity index (χ4n) is 3.43. The van der Waals surface area contributed by atoms with Crippen molar-refractivity contribution in [3.8, 4) is 0 Å². The van der Waals surface area contributed by atoms with Crippen molar-refractivity contribution in [3.63, 3.8) is 0 Å². The second-order valence-electron chi connectivity index (χ2n) is 7.38. The Morgan fingerprint density at radius 3 is 2.71 bits per heavy atom. The monoisotopic (exact) mass is 496 g/mol. The number of carbonyl (C=O) groups is 1. The molecule has 3 heterocycles. The van der Waals surface area contributed by atoms with Crippen LogP contribution >= 0.6 is 0 Å². The Morgan fingerprint density at radius 2 is 1.97 bits per heavy atom. The van der Waals surface area contributed by atoms with E-state index in [2.05, 4.69) is 35.5 Å². The quantitative estimate of drug-likeness (QED) is 0.388. The lowest BCUT2D eigenvalue weighted by atomic mass is 10.2. The summed E-state index contributed by atoms with van der Waals surface area (Å²) in [5.41, 5.74) is -0.949. The molecule has 0 spiro atoms. The number of carbonyl (C=O) groups excluding carboxylic acids is 1. The number of H-pyrrole nitrogens is 1. The Morgan fingerprint density at radius 1 is 1.21 bits per heavy atom. The first kappa shape index (κ1) is 23.6. The highest BCUT2D eigenvalue weighted by Crippen LogP contribution is 2.30. The number of hydrogen-bond acceptors (Lipinski definition) is 8. The van der Waals surface area contributed by atoms with Crippen molar-refractivity contribution in [1.82, 2.24) is 20.2 Å². The van der Waals surface area contributed by atoms with Gasteiger partial charge < -0.3 is 15.0 Å². The van der Waals surface area contributed by atoms with E-state index in [1.54, 1.807) is 6.92 Å². The Balaban J connectivity index is 1.58. The molecule has 4 N–H and O–H groups in total. The van der Waals surface area contributed by atoms with E-state index in [0.29, 0.717) is 49.6 Å². The first-order chi connectivity index (χ1) is 16.3. The molecule has 12 nitrogen and oxygen atoms in total. The molecule has 0 unspecified atom stereocenters. The average Bonchev–Trinajstić information content (AvgIpc) is 3.24. The van der Waals surface area contributed by atoms with E-state index in [-0.39, 0.29) is 11.6 Å². The number of halogens is 2. The smallest absolute Gasteiger partial charge is 0.325 e. The van der Waals surface area contributed by atoms with Crippen molar-refractivity contribution < 1.29 is 26.7 Å². The molecule has 0 bridgehead atoms. The summed E-state index contributed by atoms with van der Waals surface area (Å²) < 4.78 is 60.5. The van der Waals surface area contributed by atoms with Crippen molar-refractivity contribution >= 4 is 50.1 Å². The van der Waals surface area contributed by atoms with E-state index in [4.69, 9.17) is 4.74 Å². The predicted octanol–water partition coefficient (Wildman–Crippen LogP) is 2.26. The molecule has 0 radical (unpaired) electrons. The minimum absolute atomic E-state index is 0.0679. The standard InChI is InChI=1S/C19H22F2N8O4S/c1-2-9-34(31,32)28-12-4-3-11(20)15(14(12)21)24-19(30)25-16-13-17(23-10-22-16)26-27-18(13)29-5-7-33-8-6-29/h3-4,10,28H,2,5-9H2,1H3,(H3,22,23,24,25,26,27,30). The second kappa shape index (κ2) is 9.72. The highest BCUT2D eigenvalue weighted by atomic mass is 32.2. The van der Waals surface area contributed by atoms with Gasteiger partial charge in [0, 0.05) is 13.1 Å². The van der Waals surface area contributed by atoms with Gasteiger partial charge in [0.1, 0.15) is 23.2 Å². The van der Waals surface area contributed by atoms with E-state index >= 15 is 0 Å². The van der Waals surface area contributed by atoms with Gasteiger partial charge in [-0.1, -0.05) is 6.92 Å². The SMILES string of the molecule is CCCS(=O)(=O)Nc1ccc(F)c(NC(=O)Nc2ncnc3[nH]nc(N4CCOCC4)c23)c1F. The Labute approximate surface area is 193 Å². The predicted molar refractivity (Wildman–Crippen MR) is 121 cm³/mol. The number of anilines is 4. The van der Waals surface area contributed by atoms with Crippen LogP contribution in [0, 0.1) is 11.6 Å². The first-order valence-corrected chi connectivity index (χ1v) is 12.0. The van der Waals surface area contributed by atoms with Crippen LogP contribution in [0.25, 0.3) is 11.0 Å². The van der Waals surface area contributed by atoms with Gasteiger partial charge in [-0.15, -0.1) is 0 Å². The van der Waals surface area contributed by atoms with E-state index < -0.39 is 39.1 Å². The fraction of sp³-hybridized carbons (Fsp3) is 0.368. The summed E-state index contributed by atoms with van der Waals surface area (Å²) in [5, 5.41) is 12.0. The lowest BCUT2D eigenvalue weighted by Gasteiger charge is -2.27. The number of nitrogens with one attached hydrogen (secondary N) is 4. The second-order valence-corrected chi connectivity index (χ2v) is 9.22. The third-order valence-electron chi connectivity index (χ3n) is 4.95. The molecule has 1 aliphatic heterocycles. The number of benzene rings is 1. The summed E-state index contributed by atoms with van der Waals surface area (Å²) in [6.07, 6.45) is 1.50. The van der Waals surface area contributed by atoms with Crippen molar-refractivity contribution in [3.05, 3.63) is 30.1 Å². The van der Waals surface area contributed by atoms with Crippen LogP contribution < -0.4 is 20.3 Å². The van der Waals surface area contributed by atoms with Gasteiger partial charge in [0.15, 0.2) is 23.1 Å². The van der Waals surface area contributed by atoms with Gasteiger partial charge in [-0.3, -0.25) is 15.1 Å². The highest BCUT2D eigenvalue weighted by molar-refractivity contribution is 7.92. The van der Waals surface area contributed by atoms with Gasteiger partial charge in [-0.05, 0) is 18.6 Å². The molecule has 15 heteroatoms. The minimum atomic E-state index is -3.83. The number of aromatic amines is 1. The molecule has 2 amide bonds. The zero-order valence-corrected chi connectivity index (χ0v) is 18.9. The molecule has 0 atom stereocenters. The maximum atomic E-state index is 14.8. The molecule has 34 heavy (non-hydrogen) atoms. The van der Waals surface area contributed by atoms with Gasteiger partial charge >= 0.3 is 6.03 Å². The maximum Gasteiger partial charge on any atom is 0.325 e. The summed E-state index contributed by atoms with van der Waals surface area (Å²) in [7, 11) is -3.83. The third-order valence-corrected chi connectivity index (χ3v) is 6.43. The molecule has 1 aromatic carbocycles. The average molecular weight is 497 g/mol. The molecule has 1 aliphatic rings. The van der Waals surface area contributed by atoms with Crippen LogP contribution in [-0.4, -0.2) is 66.7 Å². The van der Waals surface area contributed by atoms with Crippen LogP contribution in [0.2, 0.25) is 0 Å². The number of morpholine rings is 1. The van der Waals surface area contributed by atoms with E-state index in [1.165, 1.54) is 6.33 Å². The number of amides is 2. The van der Waals surface area contributed by atoms with Crippen molar-refractivity contribution in [2.75, 3.05) is 52.3 Å². The fourth-order valence-corrected chi connectivity index (χ4v) is 4.56. The lowest BCUT2D eigenvalue weighted by Crippen LogP contribution is -2.36. The van der Waals surface area contributed by atoms with Crippen LogP contribution in [0.3, 0.4) is 0 Å². The summed E-state index contributed by atoms with van der Waals surface area (Å²) in [6, 6.07) is 0.785. The number of hydrogen-bond donors (Lipinski definition) is 4. The van der Waals surface area contributed by atoms with Crippen molar-refractivity contribution in [2.45, 2.75) is 13.3 Å². The molecule has 4 rings (SSSR count). The molecular formula is C19H22F2N8O4S. The lowest BCUT2D eigenvalue weighted by molar-refractivity contribution is 0.122. The van der Waals surface area contributed by atoms with Crippen LogP contribution in [0.4, 0.5) is 36.6 Å². The van der Waals surface area contributed by atoms with Crippen LogP contribution in [0.15, 0.2) is 18.5 Å². The largest absolute Gasteiger partial charge is 0.378 e. The third kappa shape index (κ3) is 4.99. The summed E-state index contributed by atoms with van der Waals surface area (Å²) >= 11 is 0. The van der Waals surface area contributed by atoms with Crippen LogP contribution in [0.5, 0.6) is 0 Å². The molecule has 1 saturated heterocycles. The molecule has 0 saturated carbocycles.